The van der Waals surface area contributed by atoms with Gasteiger partial charge in [0.25, 0.3) is 0 Å². The summed E-state index contributed by atoms with van der Waals surface area (Å²) in [5.41, 5.74) is 10.4. The summed E-state index contributed by atoms with van der Waals surface area (Å²) in [6.45, 7) is 0. The van der Waals surface area contributed by atoms with Crippen LogP contribution >= 0.6 is 11.3 Å². The fraction of sp³-hybridized carbons (Fsp3) is 0. The number of thiophene rings is 1. The zero-order chi connectivity index (χ0) is 27.4. The van der Waals surface area contributed by atoms with E-state index in [9.17, 15) is 0 Å². The number of aromatic nitrogens is 3. The summed E-state index contributed by atoms with van der Waals surface area (Å²) >= 11 is 1.77. The minimum absolute atomic E-state index is 0.700. The summed E-state index contributed by atoms with van der Waals surface area (Å²) in [7, 11) is 0. The molecule has 0 aliphatic heterocycles. The molecule has 0 saturated heterocycles. The molecule has 1 aliphatic carbocycles. The minimum atomic E-state index is 0.700. The highest BCUT2D eigenvalue weighted by Gasteiger charge is 2.26. The van der Waals surface area contributed by atoms with Crippen molar-refractivity contribution >= 4 is 64.2 Å². The van der Waals surface area contributed by atoms with E-state index in [4.69, 9.17) is 9.97 Å². The topological polar surface area (TPSA) is 30.7 Å². The first-order chi connectivity index (χ1) is 20.8. The van der Waals surface area contributed by atoms with Crippen LogP contribution in [-0.4, -0.2) is 14.5 Å². The second-order valence-corrected chi connectivity index (χ2v) is 12.0. The predicted molar refractivity (Wildman–Crippen MR) is 177 cm³/mol. The van der Waals surface area contributed by atoms with Crippen molar-refractivity contribution < 1.29 is 0 Å². The molecule has 3 heterocycles. The van der Waals surface area contributed by atoms with E-state index >= 15 is 0 Å². The third-order valence-corrected chi connectivity index (χ3v) is 9.92. The van der Waals surface area contributed by atoms with Crippen LogP contribution in [-0.2, 0) is 0 Å². The van der Waals surface area contributed by atoms with E-state index < -0.39 is 0 Å². The van der Waals surface area contributed by atoms with Gasteiger partial charge in [0, 0.05) is 26.4 Å². The molecule has 0 amide bonds. The van der Waals surface area contributed by atoms with Crippen molar-refractivity contribution in [1.82, 2.24) is 14.5 Å². The van der Waals surface area contributed by atoms with Crippen molar-refractivity contribution in [2.24, 2.45) is 0 Å². The maximum atomic E-state index is 5.36. The van der Waals surface area contributed by atoms with Gasteiger partial charge in [-0.3, -0.25) is 4.57 Å². The highest BCUT2D eigenvalue weighted by atomic mass is 32.1. The molecule has 0 fully saturated rings. The predicted octanol–water partition coefficient (Wildman–Crippen LogP) is 10.4. The highest BCUT2D eigenvalue weighted by Crippen LogP contribution is 2.49. The molecule has 4 heteroatoms. The van der Waals surface area contributed by atoms with Gasteiger partial charge in [-0.2, -0.15) is 0 Å². The molecule has 194 valence electrons. The molecule has 3 nitrogen and oxygen atoms in total. The smallest absolute Gasteiger partial charge is 0.235 e. The maximum Gasteiger partial charge on any atom is 0.235 e. The highest BCUT2D eigenvalue weighted by molar-refractivity contribution is 7.26. The van der Waals surface area contributed by atoms with E-state index in [-0.39, 0.29) is 0 Å². The molecule has 3 aromatic heterocycles. The van der Waals surface area contributed by atoms with Crippen LogP contribution in [0.25, 0.3) is 92.3 Å². The number of rotatable bonds is 2. The molecular formula is C38H21N3S. The summed E-state index contributed by atoms with van der Waals surface area (Å²) in [4.78, 5) is 10.7. The summed E-state index contributed by atoms with van der Waals surface area (Å²) < 4.78 is 4.63. The van der Waals surface area contributed by atoms with Crippen LogP contribution < -0.4 is 0 Å². The van der Waals surface area contributed by atoms with Crippen LogP contribution in [0.2, 0.25) is 0 Å². The van der Waals surface area contributed by atoms with Crippen molar-refractivity contribution in [2.45, 2.75) is 0 Å². The van der Waals surface area contributed by atoms with E-state index in [1.54, 1.807) is 11.3 Å². The Balaban J connectivity index is 1.39. The Morgan fingerprint density at radius 2 is 1.10 bits per heavy atom. The standard InChI is InChI=1S/C38H21N3S/c1-2-10-23(11-3-1)35-37-36(28-14-4-5-21-31(28)42-37)40-38(39-35)41-29-19-8-17-26-24-15-6-12-22-13-7-16-25(32(22)24)27-18-9-20-30(41)34(27)33(26)29/h1-21H. The fourth-order valence-corrected chi connectivity index (χ4v) is 8.19. The molecule has 0 spiro atoms. The summed E-state index contributed by atoms with van der Waals surface area (Å²) in [6, 6.07) is 45.7. The molecule has 0 N–H and O–H groups in total. The molecule has 10 rings (SSSR count). The van der Waals surface area contributed by atoms with Gasteiger partial charge >= 0.3 is 0 Å². The lowest BCUT2D eigenvalue weighted by atomic mass is 9.93. The Morgan fingerprint density at radius 3 is 1.79 bits per heavy atom. The molecule has 9 aromatic rings. The molecule has 0 unspecified atom stereocenters. The third kappa shape index (κ3) is 2.84. The van der Waals surface area contributed by atoms with Crippen LogP contribution in [0, 0.1) is 0 Å². The number of benzene rings is 6. The molecule has 1 aliphatic rings. The third-order valence-electron chi connectivity index (χ3n) is 8.76. The first-order valence-electron chi connectivity index (χ1n) is 14.2. The van der Waals surface area contributed by atoms with E-state index in [0.717, 1.165) is 32.5 Å². The number of nitrogens with zero attached hydrogens (tertiary/aromatic N) is 3. The monoisotopic (exact) mass is 551 g/mol. The van der Waals surface area contributed by atoms with Gasteiger partial charge in [-0.25, -0.2) is 9.97 Å². The van der Waals surface area contributed by atoms with Gasteiger partial charge < -0.3 is 0 Å². The van der Waals surface area contributed by atoms with Gasteiger partial charge in [-0.15, -0.1) is 11.3 Å². The lowest BCUT2D eigenvalue weighted by Gasteiger charge is -2.13. The Labute approximate surface area is 245 Å². The summed E-state index contributed by atoms with van der Waals surface area (Å²) in [6.07, 6.45) is 0. The first kappa shape index (κ1) is 22.4. The van der Waals surface area contributed by atoms with E-state index in [0.29, 0.717) is 5.95 Å². The van der Waals surface area contributed by atoms with Gasteiger partial charge in [0.1, 0.15) is 0 Å². The molecule has 0 atom stereocenters. The fourth-order valence-electron chi connectivity index (χ4n) is 7.03. The van der Waals surface area contributed by atoms with E-state index in [1.807, 2.05) is 0 Å². The van der Waals surface area contributed by atoms with Crippen molar-refractivity contribution in [2.75, 3.05) is 0 Å². The minimum Gasteiger partial charge on any atom is -0.278 e. The van der Waals surface area contributed by atoms with E-state index in [2.05, 4.69) is 132 Å². The summed E-state index contributed by atoms with van der Waals surface area (Å²) in [5, 5.41) is 6.26. The molecular weight excluding hydrogens is 531 g/mol. The van der Waals surface area contributed by atoms with Crippen LogP contribution in [0.3, 0.4) is 0 Å². The molecule has 0 radical (unpaired) electrons. The Hall–Kier alpha value is -5.32. The summed E-state index contributed by atoms with van der Waals surface area (Å²) in [5.74, 6) is 0.700. The second-order valence-electron chi connectivity index (χ2n) is 11.0. The van der Waals surface area contributed by atoms with Crippen LogP contribution in [0.1, 0.15) is 0 Å². The first-order valence-corrected chi connectivity index (χ1v) is 15.0. The average Bonchev–Trinajstić information content (AvgIpc) is 3.56. The van der Waals surface area contributed by atoms with E-state index in [1.165, 1.54) is 53.9 Å². The quantitative estimate of drug-likeness (QED) is 0.214. The van der Waals surface area contributed by atoms with Gasteiger partial charge in [0.05, 0.1) is 26.9 Å². The van der Waals surface area contributed by atoms with Gasteiger partial charge in [-0.1, -0.05) is 109 Å². The number of hydrogen-bond acceptors (Lipinski definition) is 3. The van der Waals surface area contributed by atoms with Crippen molar-refractivity contribution in [3.05, 3.63) is 127 Å². The van der Waals surface area contributed by atoms with Crippen molar-refractivity contribution in [3.63, 3.8) is 0 Å². The van der Waals surface area contributed by atoms with Crippen molar-refractivity contribution in [3.8, 4) is 39.5 Å². The zero-order valence-corrected chi connectivity index (χ0v) is 23.2. The average molecular weight is 552 g/mol. The molecule has 6 aromatic carbocycles. The van der Waals surface area contributed by atoms with Gasteiger partial charge in [-0.05, 0) is 51.2 Å². The Morgan fingerprint density at radius 1 is 0.500 bits per heavy atom. The number of hydrogen-bond donors (Lipinski definition) is 0. The number of fused-ring (bicyclic) bond motifs is 5. The van der Waals surface area contributed by atoms with Crippen LogP contribution in [0.5, 0.6) is 0 Å². The lowest BCUT2D eigenvalue weighted by Crippen LogP contribution is -2.03. The SMILES string of the molecule is c1ccc(-c2nc(-n3c4cccc5c4c4c(cccc43)-c3cccc4cccc-5c34)nc3c2sc2ccccc23)cc1. The van der Waals surface area contributed by atoms with Crippen molar-refractivity contribution in [1.29, 1.82) is 0 Å². The van der Waals surface area contributed by atoms with Gasteiger partial charge in [0.15, 0.2) is 0 Å². The largest absolute Gasteiger partial charge is 0.278 e. The molecule has 0 saturated carbocycles. The van der Waals surface area contributed by atoms with Crippen LogP contribution in [0.4, 0.5) is 0 Å². The normalized spacial score (nSPS) is 12.3. The Bertz CT molecular complexity index is 2480. The lowest BCUT2D eigenvalue weighted by molar-refractivity contribution is 1.02. The second kappa shape index (κ2) is 8.12. The Kier molecular flexibility index (Phi) is 4.33. The van der Waals surface area contributed by atoms with Crippen LogP contribution in [0.15, 0.2) is 127 Å². The van der Waals surface area contributed by atoms with Gasteiger partial charge in [0.2, 0.25) is 5.95 Å². The molecule has 42 heavy (non-hydrogen) atoms. The zero-order valence-electron chi connectivity index (χ0n) is 22.4. The molecule has 0 bridgehead atoms. The maximum absolute atomic E-state index is 5.36.